The number of aryl methyl sites for hydroxylation is 1. The van der Waals surface area contributed by atoms with Gasteiger partial charge < -0.3 is 5.32 Å². The van der Waals surface area contributed by atoms with E-state index in [-0.39, 0.29) is 11.2 Å². The summed E-state index contributed by atoms with van der Waals surface area (Å²) in [5.41, 5.74) is 2.57. The predicted molar refractivity (Wildman–Crippen MR) is 71.8 cm³/mol. The molecule has 0 radical (unpaired) electrons. The standard InChI is InChI=1S/C15H24FN/c1-5-15(6-2,11-17-4)10-13-9-14(16)8-7-12(13)3/h7-9,17H,5-6,10-11H2,1-4H3. The van der Waals surface area contributed by atoms with Crippen LogP contribution in [0.4, 0.5) is 4.39 Å². The summed E-state index contributed by atoms with van der Waals surface area (Å²) in [5.74, 6) is -0.129. The molecule has 0 unspecified atom stereocenters. The molecule has 1 aromatic rings. The number of hydrogen-bond donors (Lipinski definition) is 1. The van der Waals surface area contributed by atoms with Crippen molar-refractivity contribution in [3.8, 4) is 0 Å². The van der Waals surface area contributed by atoms with Gasteiger partial charge in [-0.25, -0.2) is 4.39 Å². The molecule has 1 rings (SSSR count). The first-order valence-corrected chi connectivity index (χ1v) is 6.46. The number of halogens is 1. The lowest BCUT2D eigenvalue weighted by molar-refractivity contribution is 0.252. The maximum atomic E-state index is 13.3. The molecule has 0 saturated carbocycles. The van der Waals surface area contributed by atoms with E-state index in [0.29, 0.717) is 0 Å². The van der Waals surface area contributed by atoms with Gasteiger partial charge in [0.25, 0.3) is 0 Å². The van der Waals surface area contributed by atoms with Crippen LogP contribution < -0.4 is 5.32 Å². The third kappa shape index (κ3) is 3.53. The minimum absolute atomic E-state index is 0.129. The summed E-state index contributed by atoms with van der Waals surface area (Å²) in [5, 5.41) is 3.27. The normalized spacial score (nSPS) is 11.8. The lowest BCUT2D eigenvalue weighted by Crippen LogP contribution is -2.33. The number of nitrogens with one attached hydrogen (secondary N) is 1. The Bertz CT molecular complexity index is 356. The minimum Gasteiger partial charge on any atom is -0.319 e. The van der Waals surface area contributed by atoms with Crippen molar-refractivity contribution in [1.82, 2.24) is 5.32 Å². The third-order valence-electron chi connectivity index (χ3n) is 3.93. The van der Waals surface area contributed by atoms with Gasteiger partial charge in [-0.1, -0.05) is 19.9 Å². The summed E-state index contributed by atoms with van der Waals surface area (Å²) in [7, 11) is 1.98. The summed E-state index contributed by atoms with van der Waals surface area (Å²) in [6.45, 7) is 7.48. The highest BCUT2D eigenvalue weighted by atomic mass is 19.1. The Morgan fingerprint density at radius 1 is 1.24 bits per heavy atom. The second-order valence-electron chi connectivity index (χ2n) is 4.99. The van der Waals surface area contributed by atoms with Crippen molar-refractivity contribution in [2.24, 2.45) is 5.41 Å². The molecule has 0 aliphatic heterocycles. The Labute approximate surface area is 104 Å². The molecule has 0 aliphatic rings. The highest BCUT2D eigenvalue weighted by Gasteiger charge is 2.26. The van der Waals surface area contributed by atoms with Crippen molar-refractivity contribution in [3.63, 3.8) is 0 Å². The molecule has 1 nitrogen and oxygen atoms in total. The van der Waals surface area contributed by atoms with Crippen LogP contribution in [0.1, 0.15) is 37.8 Å². The van der Waals surface area contributed by atoms with Gasteiger partial charge in [-0.05, 0) is 61.9 Å². The highest BCUT2D eigenvalue weighted by molar-refractivity contribution is 5.27. The molecule has 0 amide bonds. The zero-order chi connectivity index (χ0) is 12.9. The van der Waals surface area contributed by atoms with Crippen LogP contribution in [0, 0.1) is 18.2 Å². The first-order chi connectivity index (χ1) is 8.06. The van der Waals surface area contributed by atoms with E-state index in [1.807, 2.05) is 13.1 Å². The number of benzene rings is 1. The Morgan fingerprint density at radius 3 is 2.41 bits per heavy atom. The molecular weight excluding hydrogens is 213 g/mol. The second kappa shape index (κ2) is 6.15. The van der Waals surface area contributed by atoms with Gasteiger partial charge in [-0.15, -0.1) is 0 Å². The Morgan fingerprint density at radius 2 is 1.88 bits per heavy atom. The molecule has 96 valence electrons. The van der Waals surface area contributed by atoms with Crippen molar-refractivity contribution < 1.29 is 4.39 Å². The number of hydrogen-bond acceptors (Lipinski definition) is 1. The fraction of sp³-hybridized carbons (Fsp3) is 0.600. The van der Waals surface area contributed by atoms with E-state index in [0.717, 1.165) is 31.4 Å². The van der Waals surface area contributed by atoms with Crippen molar-refractivity contribution >= 4 is 0 Å². The van der Waals surface area contributed by atoms with Crippen LogP contribution >= 0.6 is 0 Å². The molecule has 1 aromatic carbocycles. The lowest BCUT2D eigenvalue weighted by atomic mass is 9.76. The molecule has 0 spiro atoms. The summed E-state index contributed by atoms with van der Waals surface area (Å²) in [4.78, 5) is 0. The first-order valence-electron chi connectivity index (χ1n) is 6.46. The molecule has 0 atom stereocenters. The summed E-state index contributed by atoms with van der Waals surface area (Å²) >= 11 is 0. The van der Waals surface area contributed by atoms with Crippen molar-refractivity contribution in [3.05, 3.63) is 35.1 Å². The molecule has 0 fully saturated rings. The largest absolute Gasteiger partial charge is 0.319 e. The van der Waals surface area contributed by atoms with Gasteiger partial charge in [-0.2, -0.15) is 0 Å². The summed E-state index contributed by atoms with van der Waals surface area (Å²) < 4.78 is 13.3. The van der Waals surface area contributed by atoms with E-state index < -0.39 is 0 Å². The molecule has 0 heterocycles. The van der Waals surface area contributed by atoms with Crippen LogP contribution in [0.5, 0.6) is 0 Å². The molecule has 0 saturated heterocycles. The Hall–Kier alpha value is -0.890. The smallest absolute Gasteiger partial charge is 0.123 e. The van der Waals surface area contributed by atoms with E-state index in [2.05, 4.69) is 26.1 Å². The Kier molecular flexibility index (Phi) is 5.13. The zero-order valence-electron chi connectivity index (χ0n) is 11.4. The third-order valence-corrected chi connectivity index (χ3v) is 3.93. The fourth-order valence-corrected chi connectivity index (χ4v) is 2.42. The van der Waals surface area contributed by atoms with E-state index in [1.165, 1.54) is 11.6 Å². The van der Waals surface area contributed by atoms with Crippen molar-refractivity contribution in [2.45, 2.75) is 40.0 Å². The zero-order valence-corrected chi connectivity index (χ0v) is 11.4. The summed E-state index contributed by atoms with van der Waals surface area (Å²) in [6.07, 6.45) is 3.17. The van der Waals surface area contributed by atoms with Gasteiger partial charge >= 0.3 is 0 Å². The average Bonchev–Trinajstić information content (AvgIpc) is 2.33. The molecule has 0 aromatic heterocycles. The van der Waals surface area contributed by atoms with Crippen LogP contribution in [0.15, 0.2) is 18.2 Å². The van der Waals surface area contributed by atoms with Crippen LogP contribution in [-0.2, 0) is 6.42 Å². The highest BCUT2D eigenvalue weighted by Crippen LogP contribution is 2.31. The monoisotopic (exact) mass is 237 g/mol. The van der Waals surface area contributed by atoms with E-state index in [4.69, 9.17) is 0 Å². The average molecular weight is 237 g/mol. The van der Waals surface area contributed by atoms with Gasteiger partial charge in [0.05, 0.1) is 0 Å². The van der Waals surface area contributed by atoms with Crippen LogP contribution in [-0.4, -0.2) is 13.6 Å². The van der Waals surface area contributed by atoms with Gasteiger partial charge in [0, 0.05) is 6.54 Å². The first kappa shape index (κ1) is 14.2. The van der Waals surface area contributed by atoms with E-state index in [9.17, 15) is 4.39 Å². The quantitative estimate of drug-likeness (QED) is 0.795. The molecular formula is C15H24FN. The van der Waals surface area contributed by atoms with Crippen LogP contribution in [0.3, 0.4) is 0 Å². The SMILES string of the molecule is CCC(CC)(CNC)Cc1cc(F)ccc1C. The van der Waals surface area contributed by atoms with Crippen molar-refractivity contribution in [2.75, 3.05) is 13.6 Å². The lowest BCUT2D eigenvalue weighted by Gasteiger charge is -2.32. The van der Waals surface area contributed by atoms with Gasteiger partial charge in [0.15, 0.2) is 0 Å². The van der Waals surface area contributed by atoms with Gasteiger partial charge in [0.2, 0.25) is 0 Å². The van der Waals surface area contributed by atoms with Crippen LogP contribution in [0.25, 0.3) is 0 Å². The fourth-order valence-electron chi connectivity index (χ4n) is 2.42. The molecule has 0 bridgehead atoms. The predicted octanol–water partition coefficient (Wildman–Crippen LogP) is 3.70. The van der Waals surface area contributed by atoms with Crippen molar-refractivity contribution in [1.29, 1.82) is 0 Å². The Balaban J connectivity index is 2.96. The maximum Gasteiger partial charge on any atom is 0.123 e. The van der Waals surface area contributed by atoms with E-state index in [1.54, 1.807) is 6.07 Å². The second-order valence-corrected chi connectivity index (χ2v) is 4.99. The minimum atomic E-state index is -0.129. The van der Waals surface area contributed by atoms with Crippen LogP contribution in [0.2, 0.25) is 0 Å². The van der Waals surface area contributed by atoms with Gasteiger partial charge in [0.1, 0.15) is 5.82 Å². The molecule has 1 N–H and O–H groups in total. The topological polar surface area (TPSA) is 12.0 Å². The summed E-state index contributed by atoms with van der Waals surface area (Å²) in [6, 6.07) is 5.10. The maximum absolute atomic E-state index is 13.3. The van der Waals surface area contributed by atoms with Gasteiger partial charge in [-0.3, -0.25) is 0 Å². The molecule has 17 heavy (non-hydrogen) atoms. The van der Waals surface area contributed by atoms with E-state index >= 15 is 0 Å². The number of rotatable bonds is 6. The molecule has 2 heteroatoms. The molecule has 0 aliphatic carbocycles.